The van der Waals surface area contributed by atoms with Gasteiger partial charge in [-0.1, -0.05) is 64.1 Å². The molecule has 0 aliphatic rings. The van der Waals surface area contributed by atoms with Gasteiger partial charge in [-0.05, 0) is 43.0 Å². The molecule has 0 amide bonds. The lowest BCUT2D eigenvalue weighted by molar-refractivity contribution is -0.0492. The molecule has 0 heterocycles. The molecule has 0 radical (unpaired) electrons. The summed E-state index contributed by atoms with van der Waals surface area (Å²) in [6.45, 7) is 7.88. The van der Waals surface area contributed by atoms with E-state index in [9.17, 15) is 19.8 Å². The first-order valence-corrected chi connectivity index (χ1v) is 10.0. The monoisotopic (exact) mass is 418 g/mol. The van der Waals surface area contributed by atoms with Crippen LogP contribution in [0.15, 0.2) is 60.7 Å². The zero-order valence-electron chi connectivity index (χ0n) is 18.2. The Hall–Kier alpha value is -2.70. The molecule has 0 fully saturated rings. The van der Waals surface area contributed by atoms with E-state index in [1.54, 1.807) is 60.7 Å². The lowest BCUT2D eigenvalue weighted by atomic mass is 9.82. The number of benzene rings is 2. The summed E-state index contributed by atoms with van der Waals surface area (Å²) >= 11 is 0. The maximum Gasteiger partial charge on any atom is 0.335 e. The second-order valence-electron chi connectivity index (χ2n) is 7.22. The van der Waals surface area contributed by atoms with Crippen LogP contribution in [0.25, 0.3) is 0 Å². The molecule has 2 atom stereocenters. The topological polar surface area (TPSA) is 115 Å². The third kappa shape index (κ3) is 10.7. The Morgan fingerprint density at radius 1 is 0.833 bits per heavy atom. The van der Waals surface area contributed by atoms with Gasteiger partial charge in [0.25, 0.3) is 0 Å². The van der Waals surface area contributed by atoms with Crippen LogP contribution in [0.1, 0.15) is 67.7 Å². The van der Waals surface area contributed by atoms with Crippen molar-refractivity contribution in [1.82, 2.24) is 0 Å². The van der Waals surface area contributed by atoms with Crippen molar-refractivity contribution in [1.29, 1.82) is 0 Å². The quantitative estimate of drug-likeness (QED) is 0.517. The molecular weight excluding hydrogens is 384 g/mol. The smallest absolute Gasteiger partial charge is 0.335 e. The summed E-state index contributed by atoms with van der Waals surface area (Å²) in [7, 11) is 0. The number of hydrogen-bond acceptors (Lipinski definition) is 4. The van der Waals surface area contributed by atoms with Crippen LogP contribution in [-0.2, 0) is 0 Å². The Labute approximate surface area is 178 Å². The highest BCUT2D eigenvalue weighted by molar-refractivity contribution is 5.87. The van der Waals surface area contributed by atoms with Crippen LogP contribution in [0.3, 0.4) is 0 Å². The molecule has 0 aromatic heterocycles. The van der Waals surface area contributed by atoms with Crippen molar-refractivity contribution in [3.05, 3.63) is 71.8 Å². The number of carboxylic acids is 2. The van der Waals surface area contributed by atoms with Gasteiger partial charge >= 0.3 is 11.9 Å². The molecule has 2 rings (SSSR count). The van der Waals surface area contributed by atoms with Crippen molar-refractivity contribution in [2.75, 3.05) is 0 Å². The van der Waals surface area contributed by atoms with E-state index < -0.39 is 17.5 Å². The van der Waals surface area contributed by atoms with Gasteiger partial charge in [0.15, 0.2) is 0 Å². The van der Waals surface area contributed by atoms with Gasteiger partial charge in [-0.25, -0.2) is 9.59 Å². The van der Waals surface area contributed by atoms with E-state index in [0.717, 1.165) is 6.42 Å². The molecule has 4 N–H and O–H groups in total. The predicted octanol–water partition coefficient (Wildman–Crippen LogP) is 4.71. The van der Waals surface area contributed by atoms with E-state index in [1.165, 1.54) is 0 Å². The zero-order chi connectivity index (χ0) is 23.2. The normalized spacial score (nSPS) is 13.0. The van der Waals surface area contributed by atoms with E-state index in [4.69, 9.17) is 10.2 Å². The third-order valence-corrected chi connectivity index (χ3v) is 4.79. The molecule has 6 nitrogen and oxygen atoms in total. The maximum absolute atomic E-state index is 10.2. The van der Waals surface area contributed by atoms with Gasteiger partial charge in [0.1, 0.15) is 0 Å². The largest absolute Gasteiger partial charge is 0.478 e. The number of carboxylic acid groups (broad SMARTS) is 2. The van der Waals surface area contributed by atoms with E-state index in [1.807, 2.05) is 27.7 Å². The fraction of sp³-hybridized carbons (Fsp3) is 0.417. The minimum absolute atomic E-state index is 0.212. The second-order valence-corrected chi connectivity index (χ2v) is 7.22. The number of aliphatic hydroxyl groups excluding tert-OH is 1. The maximum atomic E-state index is 10.2. The minimum Gasteiger partial charge on any atom is -0.478 e. The average Bonchev–Trinajstić information content (AvgIpc) is 2.75. The number of aliphatic hydroxyl groups is 2. The first-order chi connectivity index (χ1) is 14.1. The second kappa shape index (κ2) is 14.3. The highest BCUT2D eigenvalue weighted by atomic mass is 16.4. The third-order valence-electron chi connectivity index (χ3n) is 4.79. The van der Waals surface area contributed by atoms with Crippen molar-refractivity contribution in [2.24, 2.45) is 5.92 Å². The minimum atomic E-state index is -0.879. The predicted molar refractivity (Wildman–Crippen MR) is 118 cm³/mol. The highest BCUT2D eigenvalue weighted by Gasteiger charge is 2.30. The molecule has 0 spiro atoms. The van der Waals surface area contributed by atoms with Gasteiger partial charge in [0, 0.05) is 6.42 Å². The molecule has 0 saturated carbocycles. The standard InChI is InChI=1S/C10H22O2.2C7H6O2/c1-5-9(11)7-10(12,6-2)8(3)4;2*8-7(9)6-4-2-1-3-5-6/h8-9,11-12H,5-7H2,1-4H3;2*1-5H,(H,8,9). The highest BCUT2D eigenvalue weighted by Crippen LogP contribution is 2.26. The molecule has 2 unspecified atom stereocenters. The van der Waals surface area contributed by atoms with Gasteiger partial charge in [-0.2, -0.15) is 0 Å². The summed E-state index contributed by atoms with van der Waals surface area (Å²) in [5.74, 6) is -1.55. The van der Waals surface area contributed by atoms with Crippen LogP contribution >= 0.6 is 0 Å². The van der Waals surface area contributed by atoms with Gasteiger partial charge in [0.05, 0.1) is 22.8 Å². The van der Waals surface area contributed by atoms with E-state index in [0.29, 0.717) is 24.0 Å². The lowest BCUT2D eigenvalue weighted by Gasteiger charge is -2.32. The summed E-state index contributed by atoms with van der Waals surface area (Å²) in [6.07, 6.45) is 1.56. The molecule has 2 aromatic carbocycles. The molecule has 0 aliphatic heterocycles. The molecule has 2 aromatic rings. The summed E-state index contributed by atoms with van der Waals surface area (Å²) < 4.78 is 0. The van der Waals surface area contributed by atoms with Crippen molar-refractivity contribution < 1.29 is 30.0 Å². The fourth-order valence-corrected chi connectivity index (χ4v) is 2.50. The zero-order valence-corrected chi connectivity index (χ0v) is 18.2. The Balaban J connectivity index is 0.000000426. The fourth-order valence-electron chi connectivity index (χ4n) is 2.50. The molecule has 166 valence electrons. The van der Waals surface area contributed by atoms with Crippen LogP contribution in [-0.4, -0.2) is 44.1 Å². The van der Waals surface area contributed by atoms with Crippen molar-refractivity contribution in [3.8, 4) is 0 Å². The Morgan fingerprint density at radius 2 is 1.20 bits per heavy atom. The number of rotatable bonds is 7. The summed E-state index contributed by atoms with van der Waals surface area (Å²) in [4.78, 5) is 20.4. The first kappa shape index (κ1) is 27.3. The molecular formula is C24H34O6. The van der Waals surface area contributed by atoms with Crippen molar-refractivity contribution in [3.63, 3.8) is 0 Å². The molecule has 0 bridgehead atoms. The van der Waals surface area contributed by atoms with Crippen LogP contribution in [0.2, 0.25) is 0 Å². The number of carbonyl (C=O) groups is 2. The van der Waals surface area contributed by atoms with Crippen LogP contribution in [0.5, 0.6) is 0 Å². The van der Waals surface area contributed by atoms with Crippen LogP contribution in [0.4, 0.5) is 0 Å². The van der Waals surface area contributed by atoms with Gasteiger partial charge < -0.3 is 20.4 Å². The SMILES string of the molecule is CCC(O)CC(O)(CC)C(C)C.O=C(O)c1ccccc1.O=C(O)c1ccccc1. The van der Waals surface area contributed by atoms with Crippen LogP contribution in [0, 0.1) is 5.92 Å². The number of aromatic carboxylic acids is 2. The lowest BCUT2D eigenvalue weighted by Crippen LogP contribution is -2.37. The van der Waals surface area contributed by atoms with E-state index in [-0.39, 0.29) is 12.0 Å². The Morgan fingerprint density at radius 3 is 1.40 bits per heavy atom. The Kier molecular flexibility index (Phi) is 13.0. The molecule has 6 heteroatoms. The number of hydrogen-bond donors (Lipinski definition) is 4. The molecule has 0 aliphatic carbocycles. The van der Waals surface area contributed by atoms with Crippen molar-refractivity contribution >= 4 is 11.9 Å². The average molecular weight is 419 g/mol. The summed E-state index contributed by atoms with van der Waals surface area (Å²) in [5.41, 5.74) is -0.0231. The van der Waals surface area contributed by atoms with Gasteiger partial charge in [-0.15, -0.1) is 0 Å². The van der Waals surface area contributed by atoms with E-state index in [2.05, 4.69) is 0 Å². The summed E-state index contributed by atoms with van der Waals surface area (Å²) in [5, 5.41) is 36.2. The molecule has 0 saturated heterocycles. The molecule has 30 heavy (non-hydrogen) atoms. The van der Waals surface area contributed by atoms with E-state index >= 15 is 0 Å². The van der Waals surface area contributed by atoms with Gasteiger partial charge in [-0.3, -0.25) is 0 Å². The van der Waals surface area contributed by atoms with Crippen molar-refractivity contribution in [2.45, 2.75) is 58.7 Å². The van der Waals surface area contributed by atoms with Gasteiger partial charge in [0.2, 0.25) is 0 Å². The Bertz CT molecular complexity index is 680. The first-order valence-electron chi connectivity index (χ1n) is 10.0. The van der Waals surface area contributed by atoms with Crippen LogP contribution < -0.4 is 0 Å². The summed E-state index contributed by atoms with van der Waals surface area (Å²) in [6, 6.07) is 16.6.